The van der Waals surface area contributed by atoms with Gasteiger partial charge in [-0.2, -0.15) is 5.10 Å². The first-order valence-corrected chi connectivity index (χ1v) is 8.22. The number of hydrogen-bond donors (Lipinski definition) is 2. The van der Waals surface area contributed by atoms with Gasteiger partial charge in [0.15, 0.2) is 5.78 Å². The van der Waals surface area contributed by atoms with E-state index in [-0.39, 0.29) is 12.3 Å². The molecular formula is C20H21N3O2. The molecule has 0 spiro atoms. The van der Waals surface area contributed by atoms with Crippen LogP contribution in [0, 0.1) is 0 Å². The first-order valence-electron chi connectivity index (χ1n) is 8.22. The average Bonchev–Trinajstić information content (AvgIpc) is 3.18. The predicted molar refractivity (Wildman–Crippen MR) is 96.8 cm³/mol. The van der Waals surface area contributed by atoms with Gasteiger partial charge in [-0.1, -0.05) is 54.6 Å². The van der Waals surface area contributed by atoms with E-state index in [2.05, 4.69) is 10.2 Å². The van der Waals surface area contributed by atoms with E-state index in [4.69, 9.17) is 10.5 Å². The Labute approximate surface area is 146 Å². The van der Waals surface area contributed by atoms with E-state index in [0.717, 1.165) is 22.3 Å². The summed E-state index contributed by atoms with van der Waals surface area (Å²) >= 11 is 0. The Hall–Kier alpha value is -2.76. The molecule has 0 aliphatic heterocycles. The van der Waals surface area contributed by atoms with E-state index in [9.17, 15) is 4.79 Å². The van der Waals surface area contributed by atoms with Gasteiger partial charge in [-0.05, 0) is 16.7 Å². The van der Waals surface area contributed by atoms with Gasteiger partial charge in [-0.15, -0.1) is 0 Å². The summed E-state index contributed by atoms with van der Waals surface area (Å²) < 4.78 is 5.71. The highest BCUT2D eigenvalue weighted by Gasteiger charge is 2.18. The number of aromatic amines is 1. The number of nitrogens with one attached hydrogen (secondary N) is 1. The van der Waals surface area contributed by atoms with E-state index >= 15 is 0 Å². The number of carbonyl (C=O) groups is 1. The summed E-state index contributed by atoms with van der Waals surface area (Å²) in [5.74, 6) is -0.00510. The van der Waals surface area contributed by atoms with Crippen molar-refractivity contribution in [2.45, 2.75) is 19.1 Å². The van der Waals surface area contributed by atoms with Gasteiger partial charge in [-0.25, -0.2) is 0 Å². The van der Waals surface area contributed by atoms with Crippen LogP contribution in [0.1, 0.15) is 11.1 Å². The summed E-state index contributed by atoms with van der Waals surface area (Å²) in [7, 11) is 0. The zero-order valence-electron chi connectivity index (χ0n) is 13.9. The van der Waals surface area contributed by atoms with Crippen molar-refractivity contribution in [1.29, 1.82) is 0 Å². The third-order valence-electron chi connectivity index (χ3n) is 4.03. The molecule has 1 heterocycles. The number of ketones is 1. The van der Waals surface area contributed by atoms with Crippen LogP contribution in [-0.4, -0.2) is 28.6 Å². The second-order valence-electron chi connectivity index (χ2n) is 5.85. The molecule has 3 aromatic rings. The van der Waals surface area contributed by atoms with Gasteiger partial charge in [0.25, 0.3) is 0 Å². The summed E-state index contributed by atoms with van der Waals surface area (Å²) in [4.78, 5) is 12.5. The van der Waals surface area contributed by atoms with Crippen LogP contribution in [0.2, 0.25) is 0 Å². The van der Waals surface area contributed by atoms with Crippen molar-refractivity contribution in [1.82, 2.24) is 10.2 Å². The molecule has 0 fully saturated rings. The Bertz CT molecular complexity index is 784. The number of Topliss-reactive ketones (excluding diaryl/α,β-unsaturated/α-hetero) is 1. The zero-order valence-corrected chi connectivity index (χ0v) is 13.9. The number of ether oxygens (including phenoxy) is 1. The van der Waals surface area contributed by atoms with Crippen LogP contribution >= 0.6 is 0 Å². The lowest BCUT2D eigenvalue weighted by atomic mass is 10.0. The molecule has 0 aliphatic rings. The van der Waals surface area contributed by atoms with Crippen LogP contribution < -0.4 is 5.73 Å². The molecule has 1 unspecified atom stereocenters. The Kier molecular flexibility index (Phi) is 5.72. The smallest absolute Gasteiger partial charge is 0.167 e. The molecule has 3 N–H and O–H groups in total. The Morgan fingerprint density at radius 3 is 2.44 bits per heavy atom. The fourth-order valence-electron chi connectivity index (χ4n) is 2.60. The largest absolute Gasteiger partial charge is 0.364 e. The molecule has 0 amide bonds. The van der Waals surface area contributed by atoms with Crippen molar-refractivity contribution in [3.63, 3.8) is 0 Å². The quantitative estimate of drug-likeness (QED) is 0.663. The van der Waals surface area contributed by atoms with E-state index in [1.165, 1.54) is 0 Å². The molecule has 3 rings (SSSR count). The summed E-state index contributed by atoms with van der Waals surface area (Å²) in [6.45, 7) is 0.562. The maximum Gasteiger partial charge on any atom is 0.167 e. The molecule has 5 heteroatoms. The van der Waals surface area contributed by atoms with Crippen LogP contribution in [0.3, 0.4) is 0 Å². The number of rotatable bonds is 8. The second kappa shape index (κ2) is 8.37. The molecule has 25 heavy (non-hydrogen) atoms. The number of nitrogens with two attached hydrogens (primary N) is 1. The predicted octanol–water partition coefficient (Wildman–Crippen LogP) is 2.73. The van der Waals surface area contributed by atoms with Gasteiger partial charge in [0, 0.05) is 24.7 Å². The van der Waals surface area contributed by atoms with Crippen molar-refractivity contribution < 1.29 is 9.53 Å². The van der Waals surface area contributed by atoms with E-state index in [1.807, 2.05) is 60.8 Å². The molecule has 0 bridgehead atoms. The number of carbonyl (C=O) groups excluding carboxylic acids is 1. The average molecular weight is 335 g/mol. The molecule has 1 atom stereocenters. The van der Waals surface area contributed by atoms with Crippen LogP contribution in [0.15, 0.2) is 67.0 Å². The Balaban J connectivity index is 1.58. The third-order valence-corrected chi connectivity index (χ3v) is 4.03. The molecule has 0 aliphatic carbocycles. The van der Waals surface area contributed by atoms with Crippen LogP contribution in [0.5, 0.6) is 0 Å². The molecule has 0 saturated carbocycles. The maximum absolute atomic E-state index is 12.5. The molecule has 1 aromatic heterocycles. The highest BCUT2D eigenvalue weighted by Crippen LogP contribution is 2.18. The summed E-state index contributed by atoms with van der Waals surface area (Å²) in [6, 6.07) is 17.6. The number of benzene rings is 2. The van der Waals surface area contributed by atoms with Crippen LogP contribution in [0.4, 0.5) is 0 Å². The van der Waals surface area contributed by atoms with Gasteiger partial charge in [-0.3, -0.25) is 9.89 Å². The minimum absolute atomic E-state index is 0.00510. The van der Waals surface area contributed by atoms with E-state index < -0.39 is 6.10 Å². The van der Waals surface area contributed by atoms with Crippen LogP contribution in [0.25, 0.3) is 11.1 Å². The summed E-state index contributed by atoms with van der Waals surface area (Å²) in [5, 5.41) is 6.73. The standard InChI is InChI=1S/C20H21N3O2/c21-11-20(25-14-16-4-2-1-3-5-16)19(24)10-15-6-8-17(9-7-15)18-12-22-23-13-18/h1-9,12-13,20H,10-11,14,21H2,(H,22,23). The lowest BCUT2D eigenvalue weighted by Crippen LogP contribution is -2.33. The van der Waals surface area contributed by atoms with Gasteiger partial charge in [0.2, 0.25) is 0 Å². The second-order valence-corrected chi connectivity index (χ2v) is 5.85. The number of aromatic nitrogens is 2. The Morgan fingerprint density at radius 1 is 1.04 bits per heavy atom. The molecule has 128 valence electrons. The third kappa shape index (κ3) is 4.62. The van der Waals surface area contributed by atoms with Crippen molar-refractivity contribution in [2.75, 3.05) is 6.54 Å². The van der Waals surface area contributed by atoms with Gasteiger partial charge >= 0.3 is 0 Å². The number of H-pyrrole nitrogens is 1. The maximum atomic E-state index is 12.5. The molecular weight excluding hydrogens is 314 g/mol. The fourth-order valence-corrected chi connectivity index (χ4v) is 2.60. The summed E-state index contributed by atoms with van der Waals surface area (Å²) in [6.07, 6.45) is 3.32. The topological polar surface area (TPSA) is 81.0 Å². The normalized spacial score (nSPS) is 12.0. The molecule has 5 nitrogen and oxygen atoms in total. The Morgan fingerprint density at radius 2 is 1.80 bits per heavy atom. The highest BCUT2D eigenvalue weighted by molar-refractivity contribution is 5.85. The first-order chi connectivity index (χ1) is 12.3. The van der Waals surface area contributed by atoms with Gasteiger partial charge < -0.3 is 10.5 Å². The SMILES string of the molecule is NCC(OCc1ccccc1)C(=O)Cc1ccc(-c2cn[nH]c2)cc1. The van der Waals surface area contributed by atoms with Crippen molar-refractivity contribution >= 4 is 5.78 Å². The van der Waals surface area contributed by atoms with Crippen molar-refractivity contribution in [2.24, 2.45) is 5.73 Å². The monoisotopic (exact) mass is 335 g/mol. The first kappa shape index (κ1) is 17.1. The van der Waals surface area contributed by atoms with E-state index in [0.29, 0.717) is 13.0 Å². The molecule has 0 saturated heterocycles. The van der Waals surface area contributed by atoms with E-state index in [1.54, 1.807) is 6.20 Å². The lowest BCUT2D eigenvalue weighted by molar-refractivity contribution is -0.130. The highest BCUT2D eigenvalue weighted by atomic mass is 16.5. The minimum Gasteiger partial charge on any atom is -0.364 e. The number of nitrogens with zero attached hydrogens (tertiary/aromatic N) is 1. The van der Waals surface area contributed by atoms with Crippen molar-refractivity contribution in [3.05, 3.63) is 78.1 Å². The summed E-state index contributed by atoms with van der Waals surface area (Å²) in [5.41, 5.74) is 9.77. The number of hydrogen-bond acceptors (Lipinski definition) is 4. The lowest BCUT2D eigenvalue weighted by Gasteiger charge is -2.15. The zero-order chi connectivity index (χ0) is 17.5. The van der Waals surface area contributed by atoms with Gasteiger partial charge in [0.1, 0.15) is 6.10 Å². The van der Waals surface area contributed by atoms with Crippen molar-refractivity contribution in [3.8, 4) is 11.1 Å². The van der Waals surface area contributed by atoms with Crippen LogP contribution in [-0.2, 0) is 22.6 Å². The molecule has 0 radical (unpaired) electrons. The fraction of sp³-hybridized carbons (Fsp3) is 0.200. The molecule has 2 aromatic carbocycles. The minimum atomic E-state index is -0.589. The van der Waals surface area contributed by atoms with Gasteiger partial charge in [0.05, 0.1) is 12.8 Å².